The van der Waals surface area contributed by atoms with Crippen molar-refractivity contribution < 1.29 is 14.5 Å². The fraction of sp³-hybridized carbons (Fsp3) is 0.182. The van der Waals surface area contributed by atoms with Gasteiger partial charge in [-0.05, 0) is 37.6 Å². The van der Waals surface area contributed by atoms with Crippen LogP contribution in [0.2, 0.25) is 0 Å². The van der Waals surface area contributed by atoms with Crippen molar-refractivity contribution in [3.8, 4) is 5.69 Å². The number of nitro groups is 1. The van der Waals surface area contributed by atoms with E-state index in [9.17, 15) is 24.5 Å². The summed E-state index contributed by atoms with van der Waals surface area (Å²) in [5.41, 5.74) is 0.560. The van der Waals surface area contributed by atoms with Gasteiger partial charge >= 0.3 is 0 Å². The summed E-state index contributed by atoms with van der Waals surface area (Å²) in [4.78, 5) is 47.4. The van der Waals surface area contributed by atoms with E-state index in [2.05, 4.69) is 15.7 Å². The van der Waals surface area contributed by atoms with Gasteiger partial charge in [-0.3, -0.25) is 24.5 Å². The number of hydrogen-bond donors (Lipinski definition) is 2. The van der Waals surface area contributed by atoms with Crippen molar-refractivity contribution in [2.24, 2.45) is 0 Å². The molecule has 1 atom stereocenters. The van der Waals surface area contributed by atoms with Crippen molar-refractivity contribution >= 4 is 23.2 Å². The maximum absolute atomic E-state index is 12.8. The van der Waals surface area contributed by atoms with Gasteiger partial charge in [-0.15, -0.1) is 0 Å². The molecular weight excluding hydrogens is 414 g/mol. The van der Waals surface area contributed by atoms with Crippen molar-refractivity contribution in [1.29, 1.82) is 0 Å². The summed E-state index contributed by atoms with van der Waals surface area (Å²) in [7, 11) is 0. The lowest BCUT2D eigenvalue weighted by Gasteiger charge is -2.16. The fourth-order valence-corrected chi connectivity index (χ4v) is 3.18. The number of carbonyl (C=O) groups is 2. The molecule has 164 valence electrons. The van der Waals surface area contributed by atoms with E-state index in [1.165, 1.54) is 35.9 Å². The van der Waals surface area contributed by atoms with Gasteiger partial charge < -0.3 is 10.6 Å². The average molecular weight is 435 g/mol. The molecule has 0 spiro atoms. The first-order valence-electron chi connectivity index (χ1n) is 9.70. The molecule has 2 amide bonds. The number of anilines is 1. The Balaban J connectivity index is 1.93. The van der Waals surface area contributed by atoms with E-state index in [0.717, 1.165) is 0 Å². The maximum atomic E-state index is 12.8. The van der Waals surface area contributed by atoms with Crippen molar-refractivity contribution in [3.05, 3.63) is 91.9 Å². The maximum Gasteiger partial charge on any atom is 0.294 e. The Hall–Kier alpha value is -4.34. The van der Waals surface area contributed by atoms with Crippen molar-refractivity contribution in [1.82, 2.24) is 15.1 Å². The molecule has 32 heavy (non-hydrogen) atoms. The number of para-hydroxylation sites is 2. The first kappa shape index (κ1) is 22.3. The molecule has 0 aliphatic heterocycles. The fourth-order valence-electron chi connectivity index (χ4n) is 3.18. The number of benzene rings is 2. The van der Waals surface area contributed by atoms with Crippen LogP contribution < -0.4 is 16.1 Å². The number of aryl methyl sites for hydroxylation is 1. The highest BCUT2D eigenvalue weighted by Crippen LogP contribution is 2.22. The number of carbonyl (C=O) groups excluding carboxylic acids is 2. The van der Waals surface area contributed by atoms with Crippen LogP contribution in [0.5, 0.6) is 0 Å². The summed E-state index contributed by atoms with van der Waals surface area (Å²) in [6, 6.07) is 13.6. The molecule has 0 saturated carbocycles. The smallest absolute Gasteiger partial charge is 0.294 e. The largest absolute Gasteiger partial charge is 0.344 e. The second kappa shape index (κ2) is 9.21. The molecular formula is C22H21N5O5. The number of amides is 2. The molecule has 0 saturated heterocycles. The zero-order valence-corrected chi connectivity index (χ0v) is 17.7. The Morgan fingerprint density at radius 1 is 1.12 bits per heavy atom. The minimum absolute atomic E-state index is 0.139. The molecule has 10 heteroatoms. The van der Waals surface area contributed by atoms with E-state index in [1.54, 1.807) is 44.2 Å². The summed E-state index contributed by atoms with van der Waals surface area (Å²) < 4.78 is 1.20. The highest BCUT2D eigenvalue weighted by Gasteiger charge is 2.21. The molecule has 3 rings (SSSR count). The van der Waals surface area contributed by atoms with E-state index in [4.69, 9.17) is 0 Å². The predicted molar refractivity (Wildman–Crippen MR) is 118 cm³/mol. The van der Waals surface area contributed by atoms with Gasteiger partial charge in [0.1, 0.15) is 5.69 Å². The molecule has 1 aromatic heterocycles. The van der Waals surface area contributed by atoms with Crippen molar-refractivity contribution in [2.45, 2.75) is 26.8 Å². The highest BCUT2D eigenvalue weighted by atomic mass is 16.6. The molecule has 3 aromatic rings. The first-order chi connectivity index (χ1) is 15.2. The summed E-state index contributed by atoms with van der Waals surface area (Å²) in [5, 5.41) is 20.9. The van der Waals surface area contributed by atoms with Gasteiger partial charge in [-0.2, -0.15) is 5.10 Å². The molecule has 0 aliphatic rings. The van der Waals surface area contributed by atoms with Gasteiger partial charge in [-0.1, -0.05) is 24.3 Å². The lowest BCUT2D eigenvalue weighted by molar-refractivity contribution is -0.384. The summed E-state index contributed by atoms with van der Waals surface area (Å²) in [5.74, 6) is -0.946. The van der Waals surface area contributed by atoms with Gasteiger partial charge in [0, 0.05) is 30.4 Å². The number of hydrogen-bond acceptors (Lipinski definition) is 6. The third kappa shape index (κ3) is 4.86. The normalized spacial score (nSPS) is 11.5. The van der Waals surface area contributed by atoms with Crippen molar-refractivity contribution in [3.63, 3.8) is 0 Å². The van der Waals surface area contributed by atoms with Crippen LogP contribution in [0, 0.1) is 17.0 Å². The van der Waals surface area contributed by atoms with Crippen LogP contribution in [-0.2, 0) is 4.79 Å². The van der Waals surface area contributed by atoms with E-state index >= 15 is 0 Å². The lowest BCUT2D eigenvalue weighted by atomic mass is 10.1. The Labute approximate surface area is 183 Å². The molecule has 1 unspecified atom stereocenters. The van der Waals surface area contributed by atoms with Gasteiger partial charge in [0.15, 0.2) is 5.69 Å². The average Bonchev–Trinajstić information content (AvgIpc) is 2.73. The molecule has 0 fully saturated rings. The number of rotatable bonds is 6. The number of nitrogens with one attached hydrogen (secondary N) is 2. The Morgan fingerprint density at radius 2 is 1.84 bits per heavy atom. The van der Waals surface area contributed by atoms with Crippen LogP contribution in [0.3, 0.4) is 0 Å². The van der Waals surface area contributed by atoms with Gasteiger partial charge in [0.2, 0.25) is 11.3 Å². The standard InChI is InChI=1S/C22H21N5O5/c1-13-11-20(29)21(25-26(13)18-9-4-5-10-19(18)27(31)32)22(30)23-14(2)16-7-6-8-17(12-16)24-15(3)28/h4-12,14H,1-3H3,(H,23,30)(H,24,28). The third-order valence-electron chi connectivity index (χ3n) is 4.68. The van der Waals surface area contributed by atoms with Gasteiger partial charge in [0.05, 0.1) is 11.0 Å². The van der Waals surface area contributed by atoms with E-state index in [0.29, 0.717) is 16.9 Å². The zero-order valence-electron chi connectivity index (χ0n) is 17.7. The third-order valence-corrected chi connectivity index (χ3v) is 4.68. The van der Waals surface area contributed by atoms with E-state index < -0.39 is 28.0 Å². The Bertz CT molecular complexity index is 1270. The molecule has 10 nitrogen and oxygen atoms in total. The minimum Gasteiger partial charge on any atom is -0.344 e. The van der Waals surface area contributed by atoms with Crippen LogP contribution >= 0.6 is 0 Å². The molecule has 0 radical (unpaired) electrons. The van der Waals surface area contributed by atoms with E-state index in [-0.39, 0.29) is 17.3 Å². The van der Waals surface area contributed by atoms with Crippen LogP contribution in [0.1, 0.15) is 41.6 Å². The number of nitrogens with zero attached hydrogens (tertiary/aromatic N) is 3. The van der Waals surface area contributed by atoms with E-state index in [1.807, 2.05) is 0 Å². The van der Waals surface area contributed by atoms with Gasteiger partial charge in [0.25, 0.3) is 11.6 Å². The zero-order chi connectivity index (χ0) is 23.4. The number of aromatic nitrogens is 2. The second-order valence-electron chi connectivity index (χ2n) is 7.16. The monoisotopic (exact) mass is 435 g/mol. The lowest BCUT2D eigenvalue weighted by Crippen LogP contribution is -2.33. The van der Waals surface area contributed by atoms with Crippen LogP contribution in [0.25, 0.3) is 5.69 Å². The molecule has 2 aromatic carbocycles. The molecule has 1 heterocycles. The predicted octanol–water partition coefficient (Wildman–Crippen LogP) is 2.90. The summed E-state index contributed by atoms with van der Waals surface area (Å²) in [6.45, 7) is 4.69. The Morgan fingerprint density at radius 3 is 2.53 bits per heavy atom. The Kier molecular flexibility index (Phi) is 6.43. The summed E-state index contributed by atoms with van der Waals surface area (Å²) in [6.07, 6.45) is 0. The molecule has 2 N–H and O–H groups in total. The highest BCUT2D eigenvalue weighted by molar-refractivity contribution is 5.92. The second-order valence-corrected chi connectivity index (χ2v) is 7.16. The van der Waals surface area contributed by atoms with Gasteiger partial charge in [-0.25, -0.2) is 4.68 Å². The topological polar surface area (TPSA) is 136 Å². The number of nitro benzene ring substituents is 1. The van der Waals surface area contributed by atoms with Crippen LogP contribution in [0.15, 0.2) is 59.4 Å². The van der Waals surface area contributed by atoms with Crippen LogP contribution in [0.4, 0.5) is 11.4 Å². The summed E-state index contributed by atoms with van der Waals surface area (Å²) >= 11 is 0. The van der Waals surface area contributed by atoms with Crippen LogP contribution in [-0.4, -0.2) is 26.5 Å². The first-order valence-corrected chi connectivity index (χ1v) is 9.70. The van der Waals surface area contributed by atoms with Crippen molar-refractivity contribution in [2.75, 3.05) is 5.32 Å². The minimum atomic E-state index is -0.722. The quantitative estimate of drug-likeness (QED) is 0.451. The SMILES string of the molecule is CC(=O)Nc1cccc(C(C)NC(=O)c2nn(-c3ccccc3[N+](=O)[O-])c(C)cc2=O)c1. The molecule has 0 aliphatic carbocycles. The molecule has 0 bridgehead atoms.